The van der Waals surface area contributed by atoms with Gasteiger partial charge in [-0.25, -0.2) is 0 Å². The molecule has 184 valence electrons. The Balaban J connectivity index is 1.29. The lowest BCUT2D eigenvalue weighted by molar-refractivity contribution is -0.113. The molecule has 0 N–H and O–H groups in total. The van der Waals surface area contributed by atoms with Crippen molar-refractivity contribution in [2.45, 2.75) is 19.4 Å². The zero-order valence-corrected chi connectivity index (χ0v) is 20.5. The number of anilines is 1. The van der Waals surface area contributed by atoms with E-state index in [-0.39, 0.29) is 11.7 Å². The van der Waals surface area contributed by atoms with Crippen LogP contribution in [0.3, 0.4) is 0 Å². The Kier molecular flexibility index (Phi) is 7.14. The van der Waals surface area contributed by atoms with Crippen molar-refractivity contribution < 1.29 is 19.1 Å². The molecule has 0 unspecified atom stereocenters. The lowest BCUT2D eigenvalue weighted by Gasteiger charge is -2.17. The molecule has 0 aromatic heterocycles. The van der Waals surface area contributed by atoms with Crippen LogP contribution in [0.2, 0.25) is 0 Å². The van der Waals surface area contributed by atoms with E-state index < -0.39 is 0 Å². The molecule has 0 bridgehead atoms. The van der Waals surface area contributed by atoms with Gasteiger partial charge in [0.15, 0.2) is 5.78 Å². The van der Waals surface area contributed by atoms with Crippen LogP contribution < -0.4 is 14.4 Å². The summed E-state index contributed by atoms with van der Waals surface area (Å²) in [7, 11) is 1.62. The van der Waals surface area contributed by atoms with Gasteiger partial charge in [-0.15, -0.1) is 0 Å². The first-order valence-corrected chi connectivity index (χ1v) is 12.4. The molecule has 2 heterocycles. The Labute approximate surface area is 211 Å². The van der Waals surface area contributed by atoms with E-state index in [1.54, 1.807) is 24.1 Å². The van der Waals surface area contributed by atoms with Gasteiger partial charge in [0.05, 0.1) is 24.9 Å². The fraction of sp³-hybridized carbons (Fsp3) is 0.267. The highest BCUT2D eigenvalue weighted by Gasteiger charge is 2.32. The molecular formula is C30H30N2O4. The Morgan fingerprint density at radius 1 is 0.917 bits per heavy atom. The van der Waals surface area contributed by atoms with E-state index >= 15 is 0 Å². The fourth-order valence-corrected chi connectivity index (χ4v) is 4.75. The molecule has 36 heavy (non-hydrogen) atoms. The first-order valence-electron chi connectivity index (χ1n) is 12.4. The predicted octanol–water partition coefficient (Wildman–Crippen LogP) is 4.98. The van der Waals surface area contributed by atoms with E-state index in [1.165, 1.54) is 18.9 Å². The monoisotopic (exact) mass is 482 g/mol. The van der Waals surface area contributed by atoms with Crippen LogP contribution in [0.4, 0.5) is 5.69 Å². The van der Waals surface area contributed by atoms with E-state index in [1.807, 2.05) is 60.7 Å². The zero-order valence-electron chi connectivity index (χ0n) is 20.5. The van der Waals surface area contributed by atoms with Crippen LogP contribution in [0.5, 0.6) is 11.5 Å². The molecule has 1 fully saturated rings. The smallest absolute Gasteiger partial charge is 0.259 e. The van der Waals surface area contributed by atoms with Crippen molar-refractivity contribution in [2.24, 2.45) is 0 Å². The molecule has 2 aliphatic heterocycles. The number of ketones is 1. The van der Waals surface area contributed by atoms with Crippen molar-refractivity contribution in [1.29, 1.82) is 0 Å². The van der Waals surface area contributed by atoms with Gasteiger partial charge in [-0.1, -0.05) is 30.3 Å². The molecule has 0 saturated carbocycles. The number of hydrogen-bond acceptors (Lipinski definition) is 5. The Morgan fingerprint density at radius 2 is 1.61 bits per heavy atom. The number of allylic oxidation sites excluding steroid dienone is 1. The van der Waals surface area contributed by atoms with Crippen molar-refractivity contribution in [3.05, 3.63) is 95.6 Å². The van der Waals surface area contributed by atoms with Crippen molar-refractivity contribution >= 4 is 23.0 Å². The SMILES string of the molecule is COc1ccc(CN2C(=O)/C(=C\C(=O)c3ccc(OCCN4CCCC4)cc3)c3ccccc32)cc1. The second kappa shape index (κ2) is 10.8. The van der Waals surface area contributed by atoms with Gasteiger partial charge in [-0.3, -0.25) is 14.5 Å². The van der Waals surface area contributed by atoms with Gasteiger partial charge in [0.25, 0.3) is 5.91 Å². The summed E-state index contributed by atoms with van der Waals surface area (Å²) >= 11 is 0. The number of carbonyl (C=O) groups is 2. The summed E-state index contributed by atoms with van der Waals surface area (Å²) in [5.41, 5.74) is 3.49. The number of nitrogens with zero attached hydrogens (tertiary/aromatic N) is 2. The number of ether oxygens (including phenoxy) is 2. The van der Waals surface area contributed by atoms with Crippen molar-refractivity contribution in [1.82, 2.24) is 4.90 Å². The molecule has 5 rings (SSSR count). The van der Waals surface area contributed by atoms with E-state index in [4.69, 9.17) is 9.47 Å². The van der Waals surface area contributed by atoms with Crippen molar-refractivity contribution in [3.63, 3.8) is 0 Å². The summed E-state index contributed by atoms with van der Waals surface area (Å²) in [5.74, 6) is 1.12. The van der Waals surface area contributed by atoms with E-state index in [9.17, 15) is 9.59 Å². The summed E-state index contributed by atoms with van der Waals surface area (Å²) in [4.78, 5) is 30.6. The highest BCUT2D eigenvalue weighted by Crippen LogP contribution is 2.37. The standard InChI is InChI=1S/C30H30N2O4/c1-35-24-12-8-22(9-13-24)21-32-28-7-3-2-6-26(28)27(30(32)34)20-29(33)23-10-14-25(15-11-23)36-19-18-31-16-4-5-17-31/h2-3,6-15,20H,4-5,16-19,21H2,1H3/b27-20-. The summed E-state index contributed by atoms with van der Waals surface area (Å²) in [6, 6.07) is 22.4. The van der Waals surface area contributed by atoms with Crippen LogP contribution in [0.1, 0.15) is 34.3 Å². The lowest BCUT2D eigenvalue weighted by atomic mass is 10.0. The Morgan fingerprint density at radius 3 is 2.33 bits per heavy atom. The van der Waals surface area contributed by atoms with Gasteiger partial charge in [0, 0.05) is 17.7 Å². The van der Waals surface area contributed by atoms with Gasteiger partial charge in [0.1, 0.15) is 18.1 Å². The highest BCUT2D eigenvalue weighted by atomic mass is 16.5. The Hall–Kier alpha value is -3.90. The van der Waals surface area contributed by atoms with Crippen LogP contribution in [0.25, 0.3) is 5.57 Å². The highest BCUT2D eigenvalue weighted by molar-refractivity contribution is 6.35. The largest absolute Gasteiger partial charge is 0.497 e. The normalized spacial score (nSPS) is 16.4. The molecule has 0 spiro atoms. The number of amides is 1. The fourth-order valence-electron chi connectivity index (χ4n) is 4.75. The molecule has 6 nitrogen and oxygen atoms in total. The molecule has 3 aromatic rings. The molecule has 2 aliphatic rings. The summed E-state index contributed by atoms with van der Waals surface area (Å²) in [6.07, 6.45) is 3.98. The minimum absolute atomic E-state index is 0.178. The Bertz CT molecular complexity index is 1260. The molecule has 0 atom stereocenters. The van der Waals surface area contributed by atoms with Crippen molar-refractivity contribution in [2.75, 3.05) is 38.3 Å². The minimum atomic E-state index is -0.205. The number of fused-ring (bicyclic) bond motifs is 1. The maximum absolute atomic E-state index is 13.4. The summed E-state index contributed by atoms with van der Waals surface area (Å²) < 4.78 is 11.1. The quantitative estimate of drug-likeness (QED) is 0.318. The maximum atomic E-state index is 13.4. The summed E-state index contributed by atoms with van der Waals surface area (Å²) in [6.45, 7) is 4.25. The second-order valence-electron chi connectivity index (χ2n) is 9.10. The minimum Gasteiger partial charge on any atom is -0.497 e. The van der Waals surface area contributed by atoms with Gasteiger partial charge < -0.3 is 14.4 Å². The molecule has 1 saturated heterocycles. The third kappa shape index (κ3) is 5.19. The van der Waals surface area contributed by atoms with Crippen LogP contribution in [0.15, 0.2) is 78.9 Å². The molecule has 1 amide bonds. The lowest BCUT2D eigenvalue weighted by Crippen LogP contribution is -2.25. The number of rotatable bonds is 9. The number of benzene rings is 3. The first-order chi connectivity index (χ1) is 17.6. The average Bonchev–Trinajstić information content (AvgIpc) is 3.52. The molecule has 0 radical (unpaired) electrons. The number of methoxy groups -OCH3 is 1. The number of likely N-dealkylation sites (tertiary alicyclic amines) is 1. The third-order valence-corrected chi connectivity index (χ3v) is 6.75. The molecular weight excluding hydrogens is 452 g/mol. The van der Waals surface area contributed by atoms with Crippen LogP contribution in [0, 0.1) is 0 Å². The van der Waals surface area contributed by atoms with E-state index in [0.717, 1.165) is 47.9 Å². The maximum Gasteiger partial charge on any atom is 0.259 e. The topological polar surface area (TPSA) is 59.1 Å². The van der Waals surface area contributed by atoms with Gasteiger partial charge in [-0.2, -0.15) is 0 Å². The number of para-hydroxylation sites is 1. The van der Waals surface area contributed by atoms with Gasteiger partial charge >= 0.3 is 0 Å². The molecule has 3 aromatic carbocycles. The van der Waals surface area contributed by atoms with E-state index in [0.29, 0.717) is 24.3 Å². The molecule has 6 heteroatoms. The number of hydrogen-bond donors (Lipinski definition) is 0. The first kappa shape index (κ1) is 23.8. The summed E-state index contributed by atoms with van der Waals surface area (Å²) in [5, 5.41) is 0. The third-order valence-electron chi connectivity index (χ3n) is 6.75. The van der Waals surface area contributed by atoms with Crippen LogP contribution >= 0.6 is 0 Å². The van der Waals surface area contributed by atoms with Crippen molar-refractivity contribution in [3.8, 4) is 11.5 Å². The van der Waals surface area contributed by atoms with Crippen LogP contribution in [-0.4, -0.2) is 49.9 Å². The van der Waals surface area contributed by atoms with Crippen LogP contribution in [-0.2, 0) is 11.3 Å². The zero-order chi connectivity index (χ0) is 24.9. The average molecular weight is 483 g/mol. The molecule has 0 aliphatic carbocycles. The second-order valence-corrected chi connectivity index (χ2v) is 9.10. The van der Waals surface area contributed by atoms with Gasteiger partial charge in [-0.05, 0) is 80.0 Å². The van der Waals surface area contributed by atoms with Gasteiger partial charge in [0.2, 0.25) is 0 Å². The number of carbonyl (C=O) groups excluding carboxylic acids is 2. The predicted molar refractivity (Wildman–Crippen MR) is 141 cm³/mol. The van der Waals surface area contributed by atoms with E-state index in [2.05, 4.69) is 4.90 Å².